The van der Waals surface area contributed by atoms with Gasteiger partial charge in [-0.3, -0.25) is 0 Å². The molecule has 0 atom stereocenters. The van der Waals surface area contributed by atoms with E-state index in [0.717, 1.165) is 18.4 Å². The fourth-order valence-corrected chi connectivity index (χ4v) is 1.90. The zero-order valence-corrected chi connectivity index (χ0v) is 7.95. The second-order valence-electron chi connectivity index (χ2n) is 3.47. The fourth-order valence-electron chi connectivity index (χ4n) is 1.90. The molecule has 0 bridgehead atoms. The predicted octanol–water partition coefficient (Wildman–Crippen LogP) is 1.83. The van der Waals surface area contributed by atoms with Gasteiger partial charge in [0, 0.05) is 13.2 Å². The molecule has 0 saturated heterocycles. The van der Waals surface area contributed by atoms with Crippen molar-refractivity contribution >= 4 is 5.97 Å². The van der Waals surface area contributed by atoms with E-state index in [1.807, 2.05) is 0 Å². The van der Waals surface area contributed by atoms with Gasteiger partial charge in [-0.1, -0.05) is 12.8 Å². The first-order valence-electron chi connectivity index (χ1n) is 4.66. The third-order valence-electron chi connectivity index (χ3n) is 2.50. The molecule has 0 radical (unpaired) electrons. The molecule has 1 aliphatic carbocycles. The standard InChI is InChI=1S/C10H16O3/c1-13-7-9(6-10(11)12)8-4-2-3-5-8/h6,8H,2-5,7H2,1H3,(H,11,12)/b9-6+. The number of carboxylic acid groups (broad SMARTS) is 1. The molecule has 13 heavy (non-hydrogen) atoms. The fraction of sp³-hybridized carbons (Fsp3) is 0.700. The summed E-state index contributed by atoms with van der Waals surface area (Å²) in [4.78, 5) is 10.5. The SMILES string of the molecule is COC/C(=C\C(=O)O)C1CCCC1. The number of ether oxygens (including phenoxy) is 1. The normalized spacial score (nSPS) is 19.3. The quantitative estimate of drug-likeness (QED) is 0.678. The van der Waals surface area contributed by atoms with Crippen LogP contribution in [-0.4, -0.2) is 24.8 Å². The molecule has 0 amide bonds. The lowest BCUT2D eigenvalue weighted by molar-refractivity contribution is -0.131. The van der Waals surface area contributed by atoms with Gasteiger partial charge in [-0.05, 0) is 24.3 Å². The lowest BCUT2D eigenvalue weighted by atomic mass is 9.98. The molecule has 0 unspecified atom stereocenters. The summed E-state index contributed by atoms with van der Waals surface area (Å²) in [6, 6.07) is 0. The number of rotatable bonds is 4. The summed E-state index contributed by atoms with van der Waals surface area (Å²) in [5, 5.41) is 8.64. The molecule has 0 heterocycles. The van der Waals surface area contributed by atoms with E-state index < -0.39 is 5.97 Å². The minimum Gasteiger partial charge on any atom is -0.478 e. The Morgan fingerprint density at radius 3 is 2.62 bits per heavy atom. The average molecular weight is 184 g/mol. The van der Waals surface area contributed by atoms with Gasteiger partial charge in [0.05, 0.1) is 6.61 Å². The smallest absolute Gasteiger partial charge is 0.328 e. The zero-order valence-electron chi connectivity index (χ0n) is 7.95. The van der Waals surface area contributed by atoms with Gasteiger partial charge >= 0.3 is 5.97 Å². The number of carboxylic acids is 1. The van der Waals surface area contributed by atoms with Crippen molar-refractivity contribution in [1.29, 1.82) is 0 Å². The van der Waals surface area contributed by atoms with Crippen molar-refractivity contribution in [2.45, 2.75) is 25.7 Å². The number of aliphatic carboxylic acids is 1. The molecule has 0 aromatic carbocycles. The van der Waals surface area contributed by atoms with Crippen molar-refractivity contribution in [2.24, 2.45) is 5.92 Å². The van der Waals surface area contributed by atoms with Crippen LogP contribution in [0.15, 0.2) is 11.6 Å². The van der Waals surface area contributed by atoms with Crippen LogP contribution >= 0.6 is 0 Å². The molecule has 3 heteroatoms. The first-order valence-corrected chi connectivity index (χ1v) is 4.66. The highest BCUT2D eigenvalue weighted by molar-refractivity contribution is 5.80. The number of hydrogen-bond acceptors (Lipinski definition) is 2. The Kier molecular flexibility index (Phi) is 3.96. The summed E-state index contributed by atoms with van der Waals surface area (Å²) in [5.41, 5.74) is 0.938. The van der Waals surface area contributed by atoms with Gasteiger partial charge in [0.1, 0.15) is 0 Å². The van der Waals surface area contributed by atoms with Gasteiger partial charge in [-0.25, -0.2) is 4.79 Å². The van der Waals surface area contributed by atoms with E-state index in [1.165, 1.54) is 18.9 Å². The van der Waals surface area contributed by atoms with Gasteiger partial charge in [0.2, 0.25) is 0 Å². The maximum absolute atomic E-state index is 10.5. The van der Waals surface area contributed by atoms with Gasteiger partial charge in [0.25, 0.3) is 0 Å². The third-order valence-corrected chi connectivity index (χ3v) is 2.50. The highest BCUT2D eigenvalue weighted by Crippen LogP contribution is 2.30. The molecular weight excluding hydrogens is 168 g/mol. The van der Waals surface area contributed by atoms with Crippen LogP contribution in [0.5, 0.6) is 0 Å². The largest absolute Gasteiger partial charge is 0.478 e. The van der Waals surface area contributed by atoms with Crippen LogP contribution < -0.4 is 0 Å². The van der Waals surface area contributed by atoms with Crippen molar-refractivity contribution in [2.75, 3.05) is 13.7 Å². The van der Waals surface area contributed by atoms with Gasteiger partial charge in [0.15, 0.2) is 0 Å². The van der Waals surface area contributed by atoms with Crippen molar-refractivity contribution in [3.05, 3.63) is 11.6 Å². The summed E-state index contributed by atoms with van der Waals surface area (Å²) in [5.74, 6) is -0.421. The number of methoxy groups -OCH3 is 1. The monoisotopic (exact) mass is 184 g/mol. The summed E-state index contributed by atoms with van der Waals surface area (Å²) in [6.45, 7) is 0.455. The third kappa shape index (κ3) is 3.19. The van der Waals surface area contributed by atoms with E-state index in [0.29, 0.717) is 12.5 Å². The first-order chi connectivity index (χ1) is 6.24. The molecule has 1 rings (SSSR count). The van der Waals surface area contributed by atoms with Crippen molar-refractivity contribution in [3.63, 3.8) is 0 Å². The number of carbonyl (C=O) groups is 1. The highest BCUT2D eigenvalue weighted by atomic mass is 16.5. The predicted molar refractivity (Wildman–Crippen MR) is 49.6 cm³/mol. The average Bonchev–Trinajstić information content (AvgIpc) is 2.54. The molecular formula is C10H16O3. The van der Waals surface area contributed by atoms with E-state index in [1.54, 1.807) is 7.11 Å². The Hall–Kier alpha value is -0.830. The van der Waals surface area contributed by atoms with E-state index in [9.17, 15) is 4.79 Å². The van der Waals surface area contributed by atoms with Gasteiger partial charge in [-0.2, -0.15) is 0 Å². The Morgan fingerprint density at radius 2 is 2.15 bits per heavy atom. The van der Waals surface area contributed by atoms with Crippen LogP contribution in [0.1, 0.15) is 25.7 Å². The molecule has 0 spiro atoms. The maximum atomic E-state index is 10.5. The summed E-state index contributed by atoms with van der Waals surface area (Å²) >= 11 is 0. The van der Waals surface area contributed by atoms with Crippen LogP contribution in [-0.2, 0) is 9.53 Å². The van der Waals surface area contributed by atoms with Crippen molar-refractivity contribution in [1.82, 2.24) is 0 Å². The molecule has 1 aliphatic rings. The number of hydrogen-bond donors (Lipinski definition) is 1. The first kappa shape index (κ1) is 10.3. The maximum Gasteiger partial charge on any atom is 0.328 e. The van der Waals surface area contributed by atoms with Crippen molar-refractivity contribution in [3.8, 4) is 0 Å². The van der Waals surface area contributed by atoms with Crippen LogP contribution in [0.4, 0.5) is 0 Å². The van der Waals surface area contributed by atoms with Gasteiger partial charge in [-0.15, -0.1) is 0 Å². The van der Waals surface area contributed by atoms with E-state index in [4.69, 9.17) is 9.84 Å². The Labute approximate surface area is 78.4 Å². The van der Waals surface area contributed by atoms with Crippen LogP contribution in [0.25, 0.3) is 0 Å². The van der Waals surface area contributed by atoms with Gasteiger partial charge < -0.3 is 9.84 Å². The lowest BCUT2D eigenvalue weighted by Crippen LogP contribution is -2.07. The Morgan fingerprint density at radius 1 is 1.54 bits per heavy atom. The molecule has 0 aromatic rings. The minimum atomic E-state index is -0.862. The molecule has 0 aliphatic heterocycles. The molecule has 0 aromatic heterocycles. The van der Waals surface area contributed by atoms with E-state index >= 15 is 0 Å². The van der Waals surface area contributed by atoms with E-state index in [2.05, 4.69) is 0 Å². The molecule has 1 N–H and O–H groups in total. The molecule has 74 valence electrons. The summed E-state index contributed by atoms with van der Waals surface area (Å²) in [6.07, 6.45) is 5.96. The Bertz CT molecular complexity index is 202. The molecule has 1 saturated carbocycles. The second-order valence-corrected chi connectivity index (χ2v) is 3.47. The molecule has 3 nitrogen and oxygen atoms in total. The highest BCUT2D eigenvalue weighted by Gasteiger charge is 2.19. The van der Waals surface area contributed by atoms with Crippen LogP contribution in [0, 0.1) is 5.92 Å². The topological polar surface area (TPSA) is 46.5 Å². The Balaban J connectivity index is 2.60. The van der Waals surface area contributed by atoms with Crippen molar-refractivity contribution < 1.29 is 14.6 Å². The minimum absolute atomic E-state index is 0.441. The summed E-state index contributed by atoms with van der Waals surface area (Å²) in [7, 11) is 1.60. The molecule has 1 fully saturated rings. The summed E-state index contributed by atoms with van der Waals surface area (Å²) < 4.78 is 4.99. The lowest BCUT2D eigenvalue weighted by Gasteiger charge is -2.12. The van der Waals surface area contributed by atoms with Crippen LogP contribution in [0.2, 0.25) is 0 Å². The zero-order chi connectivity index (χ0) is 9.68. The van der Waals surface area contributed by atoms with Crippen LogP contribution in [0.3, 0.4) is 0 Å². The van der Waals surface area contributed by atoms with E-state index in [-0.39, 0.29) is 0 Å². The second kappa shape index (κ2) is 5.02.